The summed E-state index contributed by atoms with van der Waals surface area (Å²) < 4.78 is 0.0605. The smallest absolute Gasteiger partial charge is 0.291 e. The van der Waals surface area contributed by atoms with Gasteiger partial charge in [-0.05, 0) is 42.1 Å². The van der Waals surface area contributed by atoms with Crippen molar-refractivity contribution in [2.24, 2.45) is 11.8 Å². The Hall–Kier alpha value is 0.440. The lowest BCUT2D eigenvalue weighted by Crippen LogP contribution is -2.42. The molecule has 2 saturated heterocycles. The van der Waals surface area contributed by atoms with Gasteiger partial charge >= 0.3 is 0 Å². The van der Waals surface area contributed by atoms with Gasteiger partial charge in [-0.25, -0.2) is 0 Å². The zero-order chi connectivity index (χ0) is 13.7. The Morgan fingerprint density at radius 3 is 2.79 bits per heavy atom. The minimum absolute atomic E-state index is 0.0605. The summed E-state index contributed by atoms with van der Waals surface area (Å²) in [5, 5.41) is 0. The fourth-order valence-corrected chi connectivity index (χ4v) is 6.34. The second-order valence-corrected chi connectivity index (χ2v) is 9.21. The molecular weight excluding hydrogens is 248 g/mol. The van der Waals surface area contributed by atoms with Crippen molar-refractivity contribution in [3.63, 3.8) is 0 Å². The Bertz CT molecular complexity index is 351. The third kappa shape index (κ3) is 2.64. The molecule has 2 heterocycles. The molecule has 1 aliphatic carbocycles. The molecule has 3 aliphatic rings. The van der Waals surface area contributed by atoms with Crippen molar-refractivity contribution < 1.29 is 0 Å². The van der Waals surface area contributed by atoms with E-state index < -0.39 is 0 Å². The van der Waals surface area contributed by atoms with Crippen molar-refractivity contribution in [2.45, 2.75) is 75.8 Å². The van der Waals surface area contributed by atoms with Crippen LogP contribution in [-0.2, 0) is 0 Å². The predicted octanol–water partition coefficient (Wildman–Crippen LogP) is 3.79. The lowest BCUT2D eigenvalue weighted by Gasteiger charge is -2.41. The topological polar surface area (TPSA) is 3.01 Å². The molecule has 0 spiro atoms. The predicted molar refractivity (Wildman–Crippen MR) is 87.8 cm³/mol. The fourth-order valence-electron chi connectivity index (χ4n) is 4.46. The van der Waals surface area contributed by atoms with Crippen LogP contribution in [-0.4, -0.2) is 35.5 Å². The zero-order valence-corrected chi connectivity index (χ0v) is 13.6. The molecule has 1 nitrogen and oxygen atoms in total. The van der Waals surface area contributed by atoms with Crippen LogP contribution >= 0.6 is 11.6 Å². The molecule has 104 valence electrons. The quantitative estimate of drug-likeness (QED) is 0.569. The van der Waals surface area contributed by atoms with E-state index in [1.807, 2.05) is 0 Å². The SMILES string of the molecule is [B]C1(SB2CCCC3(C(C)C)CN23)CCCC(C)C1. The Morgan fingerprint density at radius 1 is 1.32 bits per heavy atom. The molecule has 0 bridgehead atoms. The number of rotatable bonds is 3. The van der Waals surface area contributed by atoms with Gasteiger partial charge in [-0.2, -0.15) is 11.6 Å². The first-order valence-corrected chi connectivity index (χ1v) is 9.07. The summed E-state index contributed by atoms with van der Waals surface area (Å²) >= 11 is 2.12. The molecule has 4 heteroatoms. The first-order chi connectivity index (χ1) is 8.95. The van der Waals surface area contributed by atoms with E-state index in [0.717, 1.165) is 11.8 Å². The van der Waals surface area contributed by atoms with E-state index >= 15 is 0 Å². The number of hydrogen-bond donors (Lipinski definition) is 0. The number of nitrogens with zero attached hydrogens (tertiary/aromatic N) is 1. The first-order valence-electron chi connectivity index (χ1n) is 8.19. The van der Waals surface area contributed by atoms with Crippen LogP contribution in [0.4, 0.5) is 0 Å². The van der Waals surface area contributed by atoms with E-state index in [0.29, 0.717) is 11.7 Å². The monoisotopic (exact) mass is 275 g/mol. The van der Waals surface area contributed by atoms with Gasteiger partial charge in [0.25, 0.3) is 6.13 Å². The van der Waals surface area contributed by atoms with Gasteiger partial charge in [0.2, 0.25) is 0 Å². The molecule has 0 aromatic carbocycles. The van der Waals surface area contributed by atoms with Gasteiger partial charge in [0.05, 0.1) is 7.85 Å². The summed E-state index contributed by atoms with van der Waals surface area (Å²) in [6.07, 6.45) is 10.0. The van der Waals surface area contributed by atoms with Crippen LogP contribution in [0.2, 0.25) is 6.32 Å². The summed E-state index contributed by atoms with van der Waals surface area (Å²) in [5.41, 5.74) is 0.548. The molecule has 0 amide bonds. The van der Waals surface area contributed by atoms with Crippen LogP contribution < -0.4 is 0 Å². The third-order valence-electron chi connectivity index (χ3n) is 5.76. The molecule has 3 fully saturated rings. The summed E-state index contributed by atoms with van der Waals surface area (Å²) in [4.78, 5) is 2.76. The van der Waals surface area contributed by atoms with Crippen LogP contribution in [0.25, 0.3) is 0 Å². The largest absolute Gasteiger partial charge is 0.324 e. The highest BCUT2D eigenvalue weighted by Gasteiger charge is 2.60. The van der Waals surface area contributed by atoms with Crippen LogP contribution in [0.1, 0.15) is 59.3 Å². The van der Waals surface area contributed by atoms with Crippen molar-refractivity contribution in [2.75, 3.05) is 6.54 Å². The van der Waals surface area contributed by atoms with Crippen LogP contribution in [0.5, 0.6) is 0 Å². The molecule has 19 heavy (non-hydrogen) atoms. The van der Waals surface area contributed by atoms with E-state index in [-0.39, 0.29) is 4.65 Å². The molecule has 4 atom stereocenters. The van der Waals surface area contributed by atoms with Gasteiger partial charge in [-0.15, -0.1) is 0 Å². The second kappa shape index (κ2) is 5.02. The molecule has 2 radical (unpaired) electrons. The number of hydrogen-bond acceptors (Lipinski definition) is 2. The Balaban J connectivity index is 1.64. The van der Waals surface area contributed by atoms with Crippen molar-refractivity contribution >= 4 is 25.6 Å². The average molecular weight is 275 g/mol. The summed E-state index contributed by atoms with van der Waals surface area (Å²) in [7, 11) is 6.72. The van der Waals surface area contributed by atoms with Crippen molar-refractivity contribution in [3.8, 4) is 0 Å². The maximum absolute atomic E-state index is 6.72. The van der Waals surface area contributed by atoms with Gasteiger partial charge in [0.15, 0.2) is 0 Å². The lowest BCUT2D eigenvalue weighted by atomic mass is 9.70. The highest BCUT2D eigenvalue weighted by molar-refractivity contribution is 8.27. The maximum atomic E-state index is 6.72. The molecule has 0 aromatic rings. The standard InChI is InChI=1S/C15H27B2NS/c1-12(2)14-7-5-9-17(18(14)11-14)19-15(16)8-4-6-13(3)10-15/h12-13H,4-11H2,1-3H3. The molecule has 0 N–H and O–H groups in total. The van der Waals surface area contributed by atoms with Gasteiger partial charge < -0.3 is 4.81 Å². The molecular formula is C15H27B2NS. The number of fused-ring (bicyclic) bond motifs is 1. The first kappa shape index (κ1) is 14.4. The van der Waals surface area contributed by atoms with Gasteiger partial charge in [0.1, 0.15) is 0 Å². The molecule has 1 saturated carbocycles. The lowest BCUT2D eigenvalue weighted by molar-refractivity contribution is 0.354. The van der Waals surface area contributed by atoms with E-state index in [4.69, 9.17) is 7.85 Å². The normalized spacial score (nSPS) is 46.2. The Morgan fingerprint density at radius 2 is 2.11 bits per heavy atom. The maximum Gasteiger partial charge on any atom is 0.291 e. The molecule has 0 aromatic heterocycles. The summed E-state index contributed by atoms with van der Waals surface area (Å²) in [6, 6.07) is 0. The van der Waals surface area contributed by atoms with E-state index in [1.165, 1.54) is 51.4 Å². The molecule has 3 rings (SSSR count). The summed E-state index contributed by atoms with van der Waals surface area (Å²) in [6.45, 7) is 8.49. The fraction of sp³-hybridized carbons (Fsp3) is 1.00. The highest BCUT2D eigenvalue weighted by Crippen LogP contribution is 2.53. The third-order valence-corrected chi connectivity index (χ3v) is 7.36. The average Bonchev–Trinajstić information content (AvgIpc) is 3.05. The van der Waals surface area contributed by atoms with Crippen LogP contribution in [0.15, 0.2) is 0 Å². The summed E-state index contributed by atoms with van der Waals surface area (Å²) in [5.74, 6) is 1.62. The zero-order valence-electron chi connectivity index (χ0n) is 12.8. The Kier molecular flexibility index (Phi) is 3.80. The van der Waals surface area contributed by atoms with E-state index in [9.17, 15) is 0 Å². The Labute approximate surface area is 125 Å². The second-order valence-electron chi connectivity index (χ2n) is 7.62. The van der Waals surface area contributed by atoms with E-state index in [2.05, 4.69) is 37.2 Å². The van der Waals surface area contributed by atoms with Crippen LogP contribution in [0.3, 0.4) is 0 Å². The van der Waals surface area contributed by atoms with Gasteiger partial charge in [-0.3, -0.25) is 0 Å². The van der Waals surface area contributed by atoms with Gasteiger partial charge in [-0.1, -0.05) is 40.0 Å². The van der Waals surface area contributed by atoms with E-state index in [1.54, 1.807) is 0 Å². The van der Waals surface area contributed by atoms with Crippen molar-refractivity contribution in [1.29, 1.82) is 0 Å². The van der Waals surface area contributed by atoms with Crippen molar-refractivity contribution in [3.05, 3.63) is 0 Å². The van der Waals surface area contributed by atoms with Gasteiger partial charge in [0, 0.05) is 12.1 Å². The highest BCUT2D eigenvalue weighted by atomic mass is 32.2. The molecule has 4 unspecified atom stereocenters. The minimum atomic E-state index is 0.0605. The molecule has 2 aliphatic heterocycles. The minimum Gasteiger partial charge on any atom is -0.324 e. The van der Waals surface area contributed by atoms with Crippen LogP contribution in [0, 0.1) is 11.8 Å². The van der Waals surface area contributed by atoms with Crippen molar-refractivity contribution in [1.82, 2.24) is 4.81 Å².